The lowest BCUT2D eigenvalue weighted by atomic mass is 10.0. The molecule has 1 aliphatic heterocycles. The Hall–Kier alpha value is -2.54. The zero-order chi connectivity index (χ0) is 18.5. The van der Waals surface area contributed by atoms with Crippen molar-refractivity contribution < 1.29 is 17.6 Å². The number of halogens is 5. The highest BCUT2D eigenvalue weighted by molar-refractivity contribution is 6.33. The van der Waals surface area contributed by atoms with Crippen LogP contribution in [0.15, 0.2) is 42.5 Å². The van der Waals surface area contributed by atoms with Crippen LogP contribution in [0.25, 0.3) is 16.9 Å². The van der Waals surface area contributed by atoms with Gasteiger partial charge in [0.1, 0.15) is 11.6 Å². The lowest BCUT2D eigenvalue weighted by Gasteiger charge is -2.10. The molecule has 3 nitrogen and oxygen atoms in total. The minimum absolute atomic E-state index is 0.191. The molecule has 0 saturated heterocycles. The summed E-state index contributed by atoms with van der Waals surface area (Å²) in [5.74, 6) is 0.298. The van der Waals surface area contributed by atoms with Gasteiger partial charge in [0.25, 0.3) is 0 Å². The van der Waals surface area contributed by atoms with Crippen molar-refractivity contribution in [2.45, 2.75) is 12.6 Å². The molecule has 134 valence electrons. The predicted octanol–water partition coefficient (Wildman–Crippen LogP) is 5.32. The van der Waals surface area contributed by atoms with Crippen LogP contribution in [-0.2, 0) is 12.6 Å². The zero-order valence-corrected chi connectivity index (χ0v) is 14.0. The van der Waals surface area contributed by atoms with Gasteiger partial charge in [0.15, 0.2) is 0 Å². The maximum atomic E-state index is 13.2. The molecular formula is C18H12ClF4N3. The molecule has 0 radical (unpaired) electrons. The molecule has 0 fully saturated rings. The van der Waals surface area contributed by atoms with Crippen LogP contribution in [0.3, 0.4) is 0 Å². The fourth-order valence-electron chi connectivity index (χ4n) is 3.04. The summed E-state index contributed by atoms with van der Waals surface area (Å²) in [7, 11) is 0. The Bertz CT molecular complexity index is 977. The highest BCUT2D eigenvalue weighted by atomic mass is 35.5. The van der Waals surface area contributed by atoms with Crippen LogP contribution < -0.4 is 5.32 Å². The Morgan fingerprint density at radius 3 is 2.50 bits per heavy atom. The van der Waals surface area contributed by atoms with Crippen LogP contribution in [-0.4, -0.2) is 16.3 Å². The van der Waals surface area contributed by atoms with Gasteiger partial charge in [0.2, 0.25) is 0 Å². The third kappa shape index (κ3) is 2.82. The molecule has 2 aromatic carbocycles. The quantitative estimate of drug-likeness (QED) is 0.609. The Morgan fingerprint density at radius 1 is 1.08 bits per heavy atom. The molecule has 1 aliphatic rings. The molecule has 0 amide bonds. The largest absolute Gasteiger partial charge is 0.416 e. The SMILES string of the molecule is Fc1ccc(-n2nc(-c3cc(C(F)(F)F)ccc3Cl)c3c2NCC3)cc1. The second-order valence-electron chi connectivity index (χ2n) is 5.93. The molecule has 4 rings (SSSR count). The Balaban J connectivity index is 1.89. The van der Waals surface area contributed by atoms with E-state index >= 15 is 0 Å². The van der Waals surface area contributed by atoms with Gasteiger partial charge in [-0.3, -0.25) is 0 Å². The van der Waals surface area contributed by atoms with Crippen molar-refractivity contribution in [1.29, 1.82) is 0 Å². The van der Waals surface area contributed by atoms with E-state index in [4.69, 9.17) is 11.6 Å². The Labute approximate surface area is 151 Å². The molecule has 0 spiro atoms. The minimum atomic E-state index is -4.47. The number of benzene rings is 2. The average Bonchev–Trinajstić information content (AvgIpc) is 3.18. The maximum absolute atomic E-state index is 13.2. The Morgan fingerprint density at radius 2 is 1.81 bits per heavy atom. The normalized spacial score (nSPS) is 13.6. The standard InChI is InChI=1S/C18H12ClF4N3/c19-15-6-1-10(18(21,22)23)9-14(15)16-13-7-8-24-17(13)26(25-16)12-4-2-11(20)3-5-12/h1-6,9,24H,7-8H2. The number of rotatable bonds is 2. The summed E-state index contributed by atoms with van der Waals surface area (Å²) in [4.78, 5) is 0. The summed E-state index contributed by atoms with van der Waals surface area (Å²) in [6.07, 6.45) is -3.86. The molecule has 0 unspecified atom stereocenters. The first-order valence-electron chi connectivity index (χ1n) is 7.83. The van der Waals surface area contributed by atoms with Crippen LogP contribution in [0.2, 0.25) is 5.02 Å². The molecule has 0 bridgehead atoms. The van der Waals surface area contributed by atoms with E-state index in [1.807, 2.05) is 0 Å². The van der Waals surface area contributed by atoms with Crippen LogP contribution in [0, 0.1) is 5.82 Å². The third-order valence-electron chi connectivity index (χ3n) is 4.27. The molecule has 0 saturated carbocycles. The summed E-state index contributed by atoms with van der Waals surface area (Å²) >= 11 is 6.17. The number of nitrogens with zero attached hydrogens (tertiary/aromatic N) is 2. The van der Waals surface area contributed by atoms with Crippen molar-refractivity contribution in [2.24, 2.45) is 0 Å². The number of anilines is 1. The monoisotopic (exact) mass is 381 g/mol. The molecule has 3 aromatic rings. The van der Waals surface area contributed by atoms with Crippen molar-refractivity contribution >= 4 is 17.4 Å². The zero-order valence-electron chi connectivity index (χ0n) is 13.2. The van der Waals surface area contributed by atoms with Crippen molar-refractivity contribution in [1.82, 2.24) is 9.78 Å². The van der Waals surface area contributed by atoms with E-state index in [1.54, 1.807) is 16.8 Å². The van der Waals surface area contributed by atoms with E-state index in [2.05, 4.69) is 10.4 Å². The first-order chi connectivity index (χ1) is 12.3. The number of hydrogen-bond donors (Lipinski definition) is 1. The average molecular weight is 382 g/mol. The van der Waals surface area contributed by atoms with Gasteiger partial charge in [0, 0.05) is 17.7 Å². The van der Waals surface area contributed by atoms with Crippen molar-refractivity contribution in [3.8, 4) is 16.9 Å². The highest BCUT2D eigenvalue weighted by Gasteiger charge is 2.32. The van der Waals surface area contributed by atoms with Crippen LogP contribution in [0.4, 0.5) is 23.4 Å². The van der Waals surface area contributed by atoms with Gasteiger partial charge >= 0.3 is 6.18 Å². The number of alkyl halides is 3. The molecule has 1 N–H and O–H groups in total. The van der Waals surface area contributed by atoms with Gasteiger partial charge in [-0.25, -0.2) is 9.07 Å². The number of aromatic nitrogens is 2. The topological polar surface area (TPSA) is 29.9 Å². The molecule has 0 atom stereocenters. The number of nitrogens with one attached hydrogen (secondary N) is 1. The van der Waals surface area contributed by atoms with Gasteiger partial charge in [0.05, 0.1) is 22.0 Å². The molecule has 8 heteroatoms. The first-order valence-corrected chi connectivity index (χ1v) is 8.21. The summed E-state index contributed by atoms with van der Waals surface area (Å²) < 4.78 is 54.0. The Kier molecular flexibility index (Phi) is 3.91. The molecular weight excluding hydrogens is 370 g/mol. The second-order valence-corrected chi connectivity index (χ2v) is 6.34. The fourth-order valence-corrected chi connectivity index (χ4v) is 3.25. The van der Waals surface area contributed by atoms with Gasteiger partial charge in [-0.15, -0.1) is 0 Å². The highest BCUT2D eigenvalue weighted by Crippen LogP contribution is 2.40. The van der Waals surface area contributed by atoms with Crippen molar-refractivity contribution in [3.63, 3.8) is 0 Å². The van der Waals surface area contributed by atoms with Crippen LogP contribution in [0.1, 0.15) is 11.1 Å². The first kappa shape index (κ1) is 16.9. The van der Waals surface area contributed by atoms with Crippen molar-refractivity contribution in [2.75, 3.05) is 11.9 Å². The fraction of sp³-hybridized carbons (Fsp3) is 0.167. The van der Waals surface area contributed by atoms with Gasteiger partial charge in [-0.05, 0) is 48.9 Å². The summed E-state index contributed by atoms with van der Waals surface area (Å²) in [6, 6.07) is 8.90. The third-order valence-corrected chi connectivity index (χ3v) is 4.60. The number of hydrogen-bond acceptors (Lipinski definition) is 2. The number of fused-ring (bicyclic) bond motifs is 1. The lowest BCUT2D eigenvalue weighted by molar-refractivity contribution is -0.137. The summed E-state index contributed by atoms with van der Waals surface area (Å²) in [6.45, 7) is 0.637. The lowest BCUT2D eigenvalue weighted by Crippen LogP contribution is -2.06. The minimum Gasteiger partial charge on any atom is -0.369 e. The van der Waals surface area contributed by atoms with E-state index in [1.165, 1.54) is 18.2 Å². The van der Waals surface area contributed by atoms with E-state index in [0.29, 0.717) is 30.2 Å². The second kappa shape index (κ2) is 6.02. The van der Waals surface area contributed by atoms with E-state index in [-0.39, 0.29) is 16.4 Å². The van der Waals surface area contributed by atoms with E-state index in [9.17, 15) is 17.6 Å². The smallest absolute Gasteiger partial charge is 0.369 e. The van der Waals surface area contributed by atoms with Gasteiger partial charge in [-0.2, -0.15) is 18.3 Å². The van der Waals surface area contributed by atoms with E-state index in [0.717, 1.165) is 17.7 Å². The van der Waals surface area contributed by atoms with Crippen LogP contribution >= 0.6 is 11.6 Å². The predicted molar refractivity (Wildman–Crippen MR) is 91.2 cm³/mol. The summed E-state index contributed by atoms with van der Waals surface area (Å²) in [5.41, 5.74) is 1.22. The van der Waals surface area contributed by atoms with Crippen molar-refractivity contribution in [3.05, 3.63) is 64.4 Å². The molecule has 2 heterocycles. The maximum Gasteiger partial charge on any atom is 0.416 e. The van der Waals surface area contributed by atoms with Crippen LogP contribution in [0.5, 0.6) is 0 Å². The molecule has 0 aliphatic carbocycles. The van der Waals surface area contributed by atoms with E-state index < -0.39 is 11.7 Å². The molecule has 1 aromatic heterocycles. The summed E-state index contributed by atoms with van der Waals surface area (Å²) in [5, 5.41) is 7.83. The van der Waals surface area contributed by atoms with Gasteiger partial charge in [-0.1, -0.05) is 11.6 Å². The molecule has 26 heavy (non-hydrogen) atoms. The van der Waals surface area contributed by atoms with Gasteiger partial charge < -0.3 is 5.32 Å².